The first kappa shape index (κ1) is 11.0. The van der Waals surface area contributed by atoms with Gasteiger partial charge in [-0.25, -0.2) is 0 Å². The molecule has 1 saturated carbocycles. The third-order valence-electron chi connectivity index (χ3n) is 3.12. The predicted octanol–water partition coefficient (Wildman–Crippen LogP) is 3.58. The van der Waals surface area contributed by atoms with Crippen LogP contribution in [0.4, 0.5) is 10.8 Å². The molecule has 0 atom stereocenters. The molecule has 0 aromatic carbocycles. The summed E-state index contributed by atoms with van der Waals surface area (Å²) in [7, 11) is 0. The summed E-state index contributed by atoms with van der Waals surface area (Å²) >= 11 is 3.29. The Balaban J connectivity index is 1.75. The van der Waals surface area contributed by atoms with Crippen LogP contribution in [-0.2, 0) is 6.54 Å². The summed E-state index contributed by atoms with van der Waals surface area (Å²) in [5.41, 5.74) is 8.53. The van der Waals surface area contributed by atoms with Crippen LogP contribution in [0.25, 0.3) is 0 Å². The molecule has 1 aliphatic carbocycles. The highest BCUT2D eigenvalue weighted by molar-refractivity contribution is 7.11. The van der Waals surface area contributed by atoms with Crippen molar-refractivity contribution >= 4 is 33.7 Å². The molecule has 2 aromatic rings. The van der Waals surface area contributed by atoms with Gasteiger partial charge in [0.25, 0.3) is 0 Å². The molecule has 0 saturated heterocycles. The van der Waals surface area contributed by atoms with Crippen LogP contribution in [-0.4, -0.2) is 4.37 Å². The van der Waals surface area contributed by atoms with Crippen molar-refractivity contribution in [1.82, 2.24) is 4.37 Å². The third kappa shape index (κ3) is 2.17. The zero-order chi connectivity index (χ0) is 11.8. The molecule has 0 bridgehead atoms. The standard InChI is InChI=1S/C12H15N3S2/c1-7-4-5-16-9(7)6-14-12-10(8-2-3-8)11(13)15-17-12/h4-5,8,14H,2-3,6H2,1H3,(H2,13,15). The fourth-order valence-corrected chi connectivity index (χ4v) is 3.59. The van der Waals surface area contributed by atoms with Crippen LogP contribution in [0.2, 0.25) is 0 Å². The van der Waals surface area contributed by atoms with Crippen molar-refractivity contribution in [3.05, 3.63) is 27.5 Å². The van der Waals surface area contributed by atoms with Gasteiger partial charge >= 0.3 is 0 Å². The largest absolute Gasteiger partial charge is 0.383 e. The fraction of sp³-hybridized carbons (Fsp3) is 0.417. The zero-order valence-electron chi connectivity index (χ0n) is 9.69. The normalized spacial score (nSPS) is 15.1. The second-order valence-corrected chi connectivity index (χ2v) is 6.24. The minimum absolute atomic E-state index is 0.653. The molecule has 1 fully saturated rings. The van der Waals surface area contributed by atoms with E-state index in [9.17, 15) is 0 Å². The maximum atomic E-state index is 5.92. The van der Waals surface area contributed by atoms with Crippen molar-refractivity contribution in [3.8, 4) is 0 Å². The molecular weight excluding hydrogens is 250 g/mol. The lowest BCUT2D eigenvalue weighted by atomic mass is 10.2. The van der Waals surface area contributed by atoms with E-state index in [0.717, 1.165) is 17.4 Å². The molecule has 0 radical (unpaired) electrons. The fourth-order valence-electron chi connectivity index (χ4n) is 1.95. The SMILES string of the molecule is Cc1ccsc1CNc1snc(N)c1C1CC1. The first-order valence-corrected chi connectivity index (χ1v) is 7.43. The monoisotopic (exact) mass is 265 g/mol. The van der Waals surface area contributed by atoms with Crippen molar-refractivity contribution in [2.45, 2.75) is 32.2 Å². The van der Waals surface area contributed by atoms with Crippen LogP contribution in [0, 0.1) is 6.92 Å². The Labute approximate surface area is 109 Å². The van der Waals surface area contributed by atoms with Crippen LogP contribution >= 0.6 is 22.9 Å². The van der Waals surface area contributed by atoms with E-state index in [-0.39, 0.29) is 0 Å². The van der Waals surface area contributed by atoms with E-state index < -0.39 is 0 Å². The van der Waals surface area contributed by atoms with Gasteiger partial charge in [-0.3, -0.25) is 0 Å². The molecule has 5 heteroatoms. The van der Waals surface area contributed by atoms with E-state index in [1.165, 1.54) is 40.4 Å². The number of rotatable bonds is 4. The number of nitrogens with zero attached hydrogens (tertiary/aromatic N) is 1. The molecule has 0 spiro atoms. The highest BCUT2D eigenvalue weighted by atomic mass is 32.1. The molecule has 2 heterocycles. The maximum absolute atomic E-state index is 5.92. The Morgan fingerprint density at radius 1 is 1.53 bits per heavy atom. The summed E-state index contributed by atoms with van der Waals surface area (Å²) in [5.74, 6) is 1.38. The molecule has 0 amide bonds. The van der Waals surface area contributed by atoms with Gasteiger partial charge in [-0.15, -0.1) is 11.3 Å². The van der Waals surface area contributed by atoms with E-state index in [1.54, 1.807) is 11.3 Å². The van der Waals surface area contributed by atoms with Crippen LogP contribution in [0.5, 0.6) is 0 Å². The molecule has 3 N–H and O–H groups in total. The summed E-state index contributed by atoms with van der Waals surface area (Å²) in [6, 6.07) is 2.16. The van der Waals surface area contributed by atoms with Crippen LogP contribution in [0.15, 0.2) is 11.4 Å². The Bertz CT molecular complexity index is 526. The minimum atomic E-state index is 0.653. The van der Waals surface area contributed by atoms with Gasteiger partial charge in [0.2, 0.25) is 0 Å². The van der Waals surface area contributed by atoms with Crippen LogP contribution in [0.3, 0.4) is 0 Å². The second-order valence-electron chi connectivity index (χ2n) is 4.47. The van der Waals surface area contributed by atoms with Gasteiger partial charge in [-0.1, -0.05) is 0 Å². The number of aromatic nitrogens is 1. The van der Waals surface area contributed by atoms with Crippen molar-refractivity contribution in [2.24, 2.45) is 0 Å². The number of anilines is 2. The number of nitrogens with two attached hydrogens (primary N) is 1. The third-order valence-corrected chi connectivity index (χ3v) is 4.98. The number of hydrogen-bond acceptors (Lipinski definition) is 5. The molecular formula is C12H15N3S2. The lowest BCUT2D eigenvalue weighted by Crippen LogP contribution is -2.00. The second kappa shape index (κ2) is 4.31. The molecule has 17 heavy (non-hydrogen) atoms. The van der Waals surface area contributed by atoms with E-state index in [4.69, 9.17) is 5.73 Å². The number of aryl methyl sites for hydroxylation is 1. The number of thiophene rings is 1. The maximum Gasteiger partial charge on any atom is 0.142 e. The minimum Gasteiger partial charge on any atom is -0.383 e. The van der Waals surface area contributed by atoms with Gasteiger partial charge in [-0.2, -0.15) is 4.37 Å². The Morgan fingerprint density at radius 3 is 3.00 bits per heavy atom. The number of nitrogen functional groups attached to an aromatic ring is 1. The van der Waals surface area contributed by atoms with Gasteiger partial charge in [-0.05, 0) is 54.2 Å². The zero-order valence-corrected chi connectivity index (χ0v) is 11.3. The first-order chi connectivity index (χ1) is 8.25. The summed E-state index contributed by atoms with van der Waals surface area (Å²) in [5, 5.41) is 6.78. The quantitative estimate of drug-likeness (QED) is 0.888. The van der Waals surface area contributed by atoms with E-state index in [1.807, 2.05) is 0 Å². The van der Waals surface area contributed by atoms with Crippen molar-refractivity contribution in [1.29, 1.82) is 0 Å². The predicted molar refractivity (Wildman–Crippen MR) is 74.9 cm³/mol. The molecule has 2 aromatic heterocycles. The van der Waals surface area contributed by atoms with Crippen molar-refractivity contribution in [2.75, 3.05) is 11.1 Å². The van der Waals surface area contributed by atoms with Crippen LogP contribution in [0.1, 0.15) is 34.8 Å². The Hall–Kier alpha value is -1.07. The average molecular weight is 265 g/mol. The highest BCUT2D eigenvalue weighted by Crippen LogP contribution is 2.47. The lowest BCUT2D eigenvalue weighted by molar-refractivity contribution is 1.11. The smallest absolute Gasteiger partial charge is 0.142 e. The molecule has 0 aliphatic heterocycles. The number of hydrogen-bond donors (Lipinski definition) is 2. The Morgan fingerprint density at radius 2 is 2.35 bits per heavy atom. The van der Waals surface area contributed by atoms with Gasteiger partial charge in [0.15, 0.2) is 0 Å². The molecule has 90 valence electrons. The van der Waals surface area contributed by atoms with Gasteiger partial charge < -0.3 is 11.1 Å². The van der Waals surface area contributed by atoms with Gasteiger partial charge in [0, 0.05) is 10.4 Å². The highest BCUT2D eigenvalue weighted by Gasteiger charge is 2.30. The summed E-state index contributed by atoms with van der Waals surface area (Å²) < 4.78 is 4.26. The molecule has 3 rings (SSSR count). The molecule has 0 unspecified atom stereocenters. The van der Waals surface area contributed by atoms with Gasteiger partial charge in [0.1, 0.15) is 10.8 Å². The number of nitrogens with one attached hydrogen (secondary N) is 1. The van der Waals surface area contributed by atoms with Crippen molar-refractivity contribution < 1.29 is 0 Å². The topological polar surface area (TPSA) is 50.9 Å². The van der Waals surface area contributed by atoms with Gasteiger partial charge in [0.05, 0.1) is 6.54 Å². The van der Waals surface area contributed by atoms with Crippen molar-refractivity contribution in [3.63, 3.8) is 0 Å². The summed E-state index contributed by atoms with van der Waals surface area (Å²) in [6.07, 6.45) is 2.52. The summed E-state index contributed by atoms with van der Waals surface area (Å²) in [6.45, 7) is 3.03. The summed E-state index contributed by atoms with van der Waals surface area (Å²) in [4.78, 5) is 1.39. The van der Waals surface area contributed by atoms with E-state index in [2.05, 4.69) is 28.1 Å². The van der Waals surface area contributed by atoms with E-state index >= 15 is 0 Å². The molecule has 1 aliphatic rings. The first-order valence-electron chi connectivity index (χ1n) is 5.77. The molecule has 3 nitrogen and oxygen atoms in total. The Kier molecular flexibility index (Phi) is 2.80. The average Bonchev–Trinajstić information content (AvgIpc) is 2.96. The lowest BCUT2D eigenvalue weighted by Gasteiger charge is -2.05. The van der Waals surface area contributed by atoms with E-state index in [0.29, 0.717) is 5.92 Å². The van der Waals surface area contributed by atoms with Crippen LogP contribution < -0.4 is 11.1 Å².